The Bertz CT molecular complexity index is 520. The molecule has 1 N–H and O–H groups in total. The molecule has 3 nitrogen and oxygen atoms in total. The average molecular weight is 261 g/mol. The van der Waals surface area contributed by atoms with Gasteiger partial charge >= 0.3 is 0 Å². The van der Waals surface area contributed by atoms with Gasteiger partial charge in [0, 0.05) is 17.6 Å². The molecule has 0 spiro atoms. The molecule has 0 bridgehead atoms. The Balaban J connectivity index is 2.03. The Labute approximate surface area is 113 Å². The molecule has 0 fully saturated rings. The van der Waals surface area contributed by atoms with Gasteiger partial charge < -0.3 is 5.32 Å². The molecular weight excluding hydrogens is 242 g/mol. The van der Waals surface area contributed by atoms with Crippen LogP contribution in [0.2, 0.25) is 0 Å². The van der Waals surface area contributed by atoms with E-state index >= 15 is 0 Å². The van der Waals surface area contributed by atoms with Gasteiger partial charge in [0.05, 0.1) is 17.9 Å². The molecule has 1 aromatic carbocycles. The van der Waals surface area contributed by atoms with Crippen molar-refractivity contribution in [2.45, 2.75) is 24.8 Å². The predicted octanol–water partition coefficient (Wildman–Crippen LogP) is 3.32. The quantitative estimate of drug-likeness (QED) is 0.837. The van der Waals surface area contributed by atoms with Crippen molar-refractivity contribution >= 4 is 17.4 Å². The molecule has 0 saturated heterocycles. The minimum Gasteiger partial charge on any atom is -0.379 e. The molecule has 4 heteroatoms. The fourth-order valence-corrected chi connectivity index (χ4v) is 2.29. The Hall–Kier alpha value is -1.42. The number of benzene rings is 1. The number of hydrogen-bond donors (Lipinski definition) is 1. The van der Waals surface area contributed by atoms with E-state index in [1.807, 2.05) is 11.7 Å². The molecule has 1 heterocycles. The number of nitrogens with zero attached hydrogens (tertiary/aromatic N) is 2. The maximum atomic E-state index is 4.45. The van der Waals surface area contributed by atoms with Crippen LogP contribution in [0.25, 0.3) is 0 Å². The third-order valence-corrected chi connectivity index (χ3v) is 3.66. The number of thioether (sulfide) groups is 1. The minimum atomic E-state index is 0.807. The molecule has 0 aliphatic rings. The monoisotopic (exact) mass is 261 g/mol. The zero-order valence-corrected chi connectivity index (χ0v) is 11.9. The summed E-state index contributed by atoms with van der Waals surface area (Å²) in [4.78, 5) is 1.28. The van der Waals surface area contributed by atoms with Crippen LogP contribution >= 0.6 is 11.8 Å². The molecule has 18 heavy (non-hydrogen) atoms. The number of aryl methyl sites for hydroxylation is 2. The fraction of sp³-hybridized carbons (Fsp3) is 0.357. The van der Waals surface area contributed by atoms with E-state index in [2.05, 4.69) is 53.9 Å². The van der Waals surface area contributed by atoms with Crippen LogP contribution in [0.4, 0.5) is 5.69 Å². The van der Waals surface area contributed by atoms with Gasteiger partial charge in [-0.2, -0.15) is 5.10 Å². The van der Waals surface area contributed by atoms with Crippen molar-refractivity contribution in [1.29, 1.82) is 0 Å². The lowest BCUT2D eigenvalue weighted by Gasteiger charge is -2.07. The molecule has 0 amide bonds. The average Bonchev–Trinajstić information content (AvgIpc) is 2.77. The highest BCUT2D eigenvalue weighted by atomic mass is 32.2. The maximum Gasteiger partial charge on any atom is 0.0625 e. The van der Waals surface area contributed by atoms with Gasteiger partial charge in [0.25, 0.3) is 0 Å². The second kappa shape index (κ2) is 5.96. The summed E-state index contributed by atoms with van der Waals surface area (Å²) in [7, 11) is 1.99. The summed E-state index contributed by atoms with van der Waals surface area (Å²) in [5.41, 5.74) is 3.51. The molecule has 96 valence electrons. The normalized spacial score (nSPS) is 10.6. The molecular formula is C14H19N3S. The summed E-state index contributed by atoms with van der Waals surface area (Å²) >= 11 is 1.76. The van der Waals surface area contributed by atoms with Gasteiger partial charge in [0.1, 0.15) is 0 Å². The van der Waals surface area contributed by atoms with Gasteiger partial charge in [-0.15, -0.1) is 11.8 Å². The van der Waals surface area contributed by atoms with Gasteiger partial charge in [0.15, 0.2) is 0 Å². The first-order valence-electron chi connectivity index (χ1n) is 6.12. The van der Waals surface area contributed by atoms with E-state index in [1.165, 1.54) is 10.6 Å². The first-order chi connectivity index (χ1) is 8.72. The largest absolute Gasteiger partial charge is 0.379 e. The number of hydrogen-bond acceptors (Lipinski definition) is 3. The topological polar surface area (TPSA) is 29.9 Å². The van der Waals surface area contributed by atoms with Crippen molar-refractivity contribution in [1.82, 2.24) is 9.78 Å². The van der Waals surface area contributed by atoms with E-state index in [1.54, 1.807) is 11.8 Å². The van der Waals surface area contributed by atoms with Crippen LogP contribution in [-0.4, -0.2) is 16.0 Å². The van der Waals surface area contributed by atoms with E-state index < -0.39 is 0 Å². The second-order valence-corrected chi connectivity index (χ2v) is 5.07. The minimum absolute atomic E-state index is 0.807. The molecule has 0 saturated carbocycles. The summed E-state index contributed by atoms with van der Waals surface area (Å²) in [6.07, 6.45) is 3.07. The van der Waals surface area contributed by atoms with Crippen LogP contribution in [0.1, 0.15) is 18.3 Å². The van der Waals surface area contributed by atoms with Gasteiger partial charge in [0.2, 0.25) is 0 Å². The lowest BCUT2D eigenvalue weighted by atomic mass is 10.3. The molecule has 2 aromatic rings. The summed E-state index contributed by atoms with van der Waals surface area (Å²) in [5.74, 6) is 0. The highest BCUT2D eigenvalue weighted by molar-refractivity contribution is 7.98. The number of anilines is 1. The lowest BCUT2D eigenvalue weighted by Crippen LogP contribution is -2.05. The van der Waals surface area contributed by atoms with E-state index in [9.17, 15) is 0 Å². The van der Waals surface area contributed by atoms with Crippen molar-refractivity contribution in [2.75, 3.05) is 11.6 Å². The van der Waals surface area contributed by atoms with E-state index in [0.29, 0.717) is 0 Å². The maximum absolute atomic E-state index is 4.45. The fourth-order valence-electron chi connectivity index (χ4n) is 1.84. The molecule has 0 unspecified atom stereocenters. The molecule has 1 aromatic heterocycles. The second-order valence-electron chi connectivity index (χ2n) is 4.19. The first kappa shape index (κ1) is 13.0. The zero-order valence-electron chi connectivity index (χ0n) is 11.1. The van der Waals surface area contributed by atoms with Gasteiger partial charge in [-0.3, -0.25) is 4.68 Å². The van der Waals surface area contributed by atoms with Gasteiger partial charge in [-0.25, -0.2) is 0 Å². The summed E-state index contributed by atoms with van der Waals surface area (Å²) in [6.45, 7) is 2.93. The predicted molar refractivity (Wildman–Crippen MR) is 78.1 cm³/mol. The summed E-state index contributed by atoms with van der Waals surface area (Å²) in [6, 6.07) is 10.6. The standard InChI is InChI=1S/C14H19N3S/c1-4-11-8-13(17(2)16-11)10-15-12-6-5-7-14(9-12)18-3/h5-9,15H,4,10H2,1-3H3. The van der Waals surface area contributed by atoms with E-state index in [-0.39, 0.29) is 0 Å². The van der Waals surface area contributed by atoms with Crippen LogP contribution in [0.3, 0.4) is 0 Å². The molecule has 0 atom stereocenters. The van der Waals surface area contributed by atoms with Crippen LogP contribution < -0.4 is 5.32 Å². The third kappa shape index (κ3) is 3.07. The smallest absolute Gasteiger partial charge is 0.0625 e. The van der Waals surface area contributed by atoms with Crippen molar-refractivity contribution < 1.29 is 0 Å². The lowest BCUT2D eigenvalue weighted by molar-refractivity contribution is 0.707. The highest BCUT2D eigenvalue weighted by Gasteiger charge is 2.03. The number of nitrogens with one attached hydrogen (secondary N) is 1. The van der Waals surface area contributed by atoms with Gasteiger partial charge in [-0.1, -0.05) is 13.0 Å². The van der Waals surface area contributed by atoms with Crippen LogP contribution in [0, 0.1) is 0 Å². The van der Waals surface area contributed by atoms with Crippen LogP contribution in [0.5, 0.6) is 0 Å². The zero-order chi connectivity index (χ0) is 13.0. The van der Waals surface area contributed by atoms with Crippen molar-refractivity contribution in [3.05, 3.63) is 41.7 Å². The Morgan fingerprint density at radius 1 is 1.33 bits per heavy atom. The Morgan fingerprint density at radius 3 is 2.83 bits per heavy atom. The third-order valence-electron chi connectivity index (χ3n) is 2.93. The Kier molecular flexibility index (Phi) is 4.31. The SMILES string of the molecule is CCc1cc(CNc2cccc(SC)c2)n(C)n1. The van der Waals surface area contributed by atoms with E-state index in [4.69, 9.17) is 0 Å². The number of rotatable bonds is 5. The van der Waals surface area contributed by atoms with Crippen molar-refractivity contribution in [3.8, 4) is 0 Å². The van der Waals surface area contributed by atoms with Crippen LogP contribution in [0.15, 0.2) is 35.2 Å². The van der Waals surface area contributed by atoms with Crippen LogP contribution in [-0.2, 0) is 20.0 Å². The van der Waals surface area contributed by atoms with Crippen molar-refractivity contribution in [3.63, 3.8) is 0 Å². The van der Waals surface area contributed by atoms with Gasteiger partial charge in [-0.05, 0) is 36.9 Å². The molecule has 0 aliphatic heterocycles. The molecule has 2 rings (SSSR count). The molecule has 0 aliphatic carbocycles. The number of aromatic nitrogens is 2. The van der Waals surface area contributed by atoms with E-state index in [0.717, 1.165) is 24.3 Å². The summed E-state index contributed by atoms with van der Waals surface area (Å²) < 4.78 is 1.95. The Morgan fingerprint density at radius 2 is 2.17 bits per heavy atom. The highest BCUT2D eigenvalue weighted by Crippen LogP contribution is 2.19. The summed E-state index contributed by atoms with van der Waals surface area (Å²) in [5, 5.41) is 7.89. The first-order valence-corrected chi connectivity index (χ1v) is 7.35. The molecule has 0 radical (unpaired) electrons. The van der Waals surface area contributed by atoms with Crippen molar-refractivity contribution in [2.24, 2.45) is 7.05 Å².